The largest absolute Gasteiger partial charge is 0.326 e. The zero-order valence-corrected chi connectivity index (χ0v) is 12.7. The van der Waals surface area contributed by atoms with Gasteiger partial charge < -0.3 is 5.73 Å². The van der Waals surface area contributed by atoms with Crippen LogP contribution < -0.4 is 5.73 Å². The molecule has 1 aromatic rings. The Labute approximate surface area is 121 Å². The Morgan fingerprint density at radius 2 is 2.11 bits per heavy atom. The van der Waals surface area contributed by atoms with Crippen molar-refractivity contribution in [3.05, 3.63) is 34.9 Å². The average molecular weight is 281 g/mol. The van der Waals surface area contributed by atoms with Crippen molar-refractivity contribution >= 4 is 11.6 Å². The monoisotopic (exact) mass is 280 g/mol. The van der Waals surface area contributed by atoms with E-state index in [1.807, 2.05) is 12.1 Å². The Balaban J connectivity index is 2.25. The molecular weight excluding hydrogens is 256 g/mol. The van der Waals surface area contributed by atoms with Crippen molar-refractivity contribution < 1.29 is 0 Å². The summed E-state index contributed by atoms with van der Waals surface area (Å²) in [6.45, 7) is 6.72. The van der Waals surface area contributed by atoms with E-state index in [2.05, 4.69) is 30.9 Å². The highest BCUT2D eigenvalue weighted by atomic mass is 35.5. The van der Waals surface area contributed by atoms with E-state index in [4.69, 9.17) is 17.3 Å². The summed E-state index contributed by atoms with van der Waals surface area (Å²) in [5, 5.41) is 0.844. The quantitative estimate of drug-likeness (QED) is 0.888. The fraction of sp³-hybridized carbons (Fsp3) is 0.625. The van der Waals surface area contributed by atoms with Gasteiger partial charge >= 0.3 is 0 Å². The molecule has 1 aromatic carbocycles. The lowest BCUT2D eigenvalue weighted by atomic mass is 9.96. The number of nitrogens with two attached hydrogens (primary N) is 1. The highest BCUT2D eigenvalue weighted by molar-refractivity contribution is 6.31. The van der Waals surface area contributed by atoms with Crippen molar-refractivity contribution in [1.29, 1.82) is 0 Å². The Morgan fingerprint density at radius 1 is 1.37 bits per heavy atom. The van der Waals surface area contributed by atoms with Gasteiger partial charge in [0.1, 0.15) is 0 Å². The number of nitrogens with zero attached hydrogens (tertiary/aromatic N) is 1. The first kappa shape index (κ1) is 14.8. The molecule has 19 heavy (non-hydrogen) atoms. The molecule has 1 heterocycles. The van der Waals surface area contributed by atoms with E-state index < -0.39 is 0 Å². The van der Waals surface area contributed by atoms with Gasteiger partial charge in [0.2, 0.25) is 0 Å². The highest BCUT2D eigenvalue weighted by Crippen LogP contribution is 2.34. The van der Waals surface area contributed by atoms with E-state index in [-0.39, 0.29) is 12.1 Å². The van der Waals surface area contributed by atoms with Crippen LogP contribution in [0.25, 0.3) is 0 Å². The molecule has 0 radical (unpaired) electrons. The molecule has 1 aliphatic rings. The van der Waals surface area contributed by atoms with Gasteiger partial charge in [0.25, 0.3) is 0 Å². The molecule has 3 heteroatoms. The number of benzene rings is 1. The summed E-state index contributed by atoms with van der Waals surface area (Å²) in [7, 11) is 0. The van der Waals surface area contributed by atoms with Gasteiger partial charge in [0.05, 0.1) is 6.04 Å². The van der Waals surface area contributed by atoms with Gasteiger partial charge in [0.15, 0.2) is 0 Å². The van der Waals surface area contributed by atoms with E-state index in [0.717, 1.165) is 30.5 Å². The summed E-state index contributed by atoms with van der Waals surface area (Å²) in [5.74, 6) is 0.814. The van der Waals surface area contributed by atoms with Crippen LogP contribution in [0.4, 0.5) is 0 Å². The Kier molecular flexibility index (Phi) is 5.26. The van der Waals surface area contributed by atoms with Crippen molar-refractivity contribution in [1.82, 2.24) is 4.90 Å². The van der Waals surface area contributed by atoms with Crippen LogP contribution in [-0.2, 0) is 0 Å². The van der Waals surface area contributed by atoms with Gasteiger partial charge in [-0.2, -0.15) is 0 Å². The minimum absolute atomic E-state index is 0.149. The van der Waals surface area contributed by atoms with Crippen molar-refractivity contribution in [2.75, 3.05) is 13.1 Å². The van der Waals surface area contributed by atoms with Crippen LogP contribution >= 0.6 is 11.6 Å². The zero-order chi connectivity index (χ0) is 13.8. The number of likely N-dealkylation sites (tertiary alicyclic amines) is 1. The molecular formula is C16H25ClN2. The fourth-order valence-corrected chi connectivity index (χ4v) is 3.33. The number of rotatable bonds is 5. The third-order valence-corrected chi connectivity index (χ3v) is 4.73. The first-order valence-corrected chi connectivity index (χ1v) is 7.79. The first-order chi connectivity index (χ1) is 9.17. The molecule has 1 aliphatic heterocycles. The smallest absolute Gasteiger partial charge is 0.0513 e. The van der Waals surface area contributed by atoms with Crippen LogP contribution in [0.1, 0.15) is 44.7 Å². The van der Waals surface area contributed by atoms with Crippen molar-refractivity contribution in [3.8, 4) is 0 Å². The third kappa shape index (κ3) is 3.31. The van der Waals surface area contributed by atoms with Crippen molar-refractivity contribution in [2.45, 2.75) is 45.2 Å². The molecule has 2 N–H and O–H groups in total. The lowest BCUT2D eigenvalue weighted by Gasteiger charge is -2.33. The van der Waals surface area contributed by atoms with Crippen LogP contribution in [0.2, 0.25) is 5.02 Å². The second kappa shape index (κ2) is 6.74. The minimum Gasteiger partial charge on any atom is -0.326 e. The first-order valence-electron chi connectivity index (χ1n) is 7.41. The molecule has 0 aromatic heterocycles. The normalized spacial score (nSPS) is 23.5. The molecule has 0 aliphatic carbocycles. The molecule has 1 fully saturated rings. The highest BCUT2D eigenvalue weighted by Gasteiger charge is 2.32. The van der Waals surface area contributed by atoms with E-state index >= 15 is 0 Å². The van der Waals surface area contributed by atoms with Gasteiger partial charge in [-0.3, -0.25) is 4.90 Å². The topological polar surface area (TPSA) is 29.3 Å². The summed E-state index contributed by atoms with van der Waals surface area (Å²) in [6.07, 6.45) is 3.52. The fourth-order valence-electron chi connectivity index (χ4n) is 3.08. The van der Waals surface area contributed by atoms with Crippen LogP contribution in [-0.4, -0.2) is 24.0 Å². The van der Waals surface area contributed by atoms with Gasteiger partial charge in [-0.25, -0.2) is 0 Å². The average Bonchev–Trinajstić information content (AvgIpc) is 2.89. The number of hydrogen-bond donors (Lipinski definition) is 1. The summed E-state index contributed by atoms with van der Waals surface area (Å²) >= 11 is 6.39. The maximum Gasteiger partial charge on any atom is 0.0513 e. The van der Waals surface area contributed by atoms with Gasteiger partial charge in [-0.15, -0.1) is 0 Å². The molecule has 3 atom stereocenters. The zero-order valence-electron chi connectivity index (χ0n) is 12.0. The molecule has 1 saturated heterocycles. The number of halogens is 1. The van der Waals surface area contributed by atoms with Gasteiger partial charge in [-0.1, -0.05) is 50.1 Å². The Morgan fingerprint density at radius 3 is 2.68 bits per heavy atom. The SMILES string of the molecule is CCC1CCN(C(c2ccccc2Cl)C(N)CC)C1. The second-order valence-electron chi connectivity index (χ2n) is 5.60. The van der Waals surface area contributed by atoms with Crippen molar-refractivity contribution in [2.24, 2.45) is 11.7 Å². The minimum atomic E-state index is 0.149. The van der Waals surface area contributed by atoms with E-state index in [9.17, 15) is 0 Å². The van der Waals surface area contributed by atoms with Crippen LogP contribution in [0, 0.1) is 5.92 Å². The predicted octanol–water partition coefficient (Wildman–Crippen LogP) is 3.85. The molecule has 0 amide bonds. The third-order valence-electron chi connectivity index (χ3n) is 4.39. The lowest BCUT2D eigenvalue weighted by molar-refractivity contribution is 0.201. The Hall–Kier alpha value is -0.570. The molecule has 3 unspecified atom stereocenters. The second-order valence-corrected chi connectivity index (χ2v) is 6.00. The molecule has 0 bridgehead atoms. The maximum absolute atomic E-state index is 6.39. The molecule has 2 rings (SSSR count). The van der Waals surface area contributed by atoms with Crippen molar-refractivity contribution in [3.63, 3.8) is 0 Å². The molecule has 106 valence electrons. The Bertz CT molecular complexity index is 407. The molecule has 0 saturated carbocycles. The summed E-state index contributed by atoms with van der Waals surface area (Å²) < 4.78 is 0. The predicted molar refractivity (Wildman–Crippen MR) is 82.4 cm³/mol. The van der Waals surface area contributed by atoms with Crippen LogP contribution in [0.3, 0.4) is 0 Å². The van der Waals surface area contributed by atoms with E-state index in [1.54, 1.807) is 0 Å². The van der Waals surface area contributed by atoms with Crippen LogP contribution in [0.5, 0.6) is 0 Å². The van der Waals surface area contributed by atoms with E-state index in [1.165, 1.54) is 18.4 Å². The summed E-state index contributed by atoms with van der Waals surface area (Å²) in [6, 6.07) is 8.55. The van der Waals surface area contributed by atoms with Gasteiger partial charge in [0, 0.05) is 17.6 Å². The number of hydrogen-bond acceptors (Lipinski definition) is 2. The van der Waals surface area contributed by atoms with E-state index in [0.29, 0.717) is 0 Å². The standard InChI is InChI=1S/C16H25ClN2/c1-3-12-9-10-19(11-12)16(15(18)4-2)13-7-5-6-8-14(13)17/h5-8,12,15-16H,3-4,9-11,18H2,1-2H3. The molecule has 0 spiro atoms. The summed E-state index contributed by atoms with van der Waals surface area (Å²) in [5.41, 5.74) is 7.57. The lowest BCUT2D eigenvalue weighted by Crippen LogP contribution is -2.40. The van der Waals surface area contributed by atoms with Crippen LogP contribution in [0.15, 0.2) is 24.3 Å². The molecule has 2 nitrogen and oxygen atoms in total. The summed E-state index contributed by atoms with van der Waals surface area (Å²) in [4.78, 5) is 2.53. The maximum atomic E-state index is 6.39. The van der Waals surface area contributed by atoms with Gasteiger partial charge in [-0.05, 0) is 36.9 Å².